The molecule has 1 aromatic rings. The second kappa shape index (κ2) is 4.61. The van der Waals surface area contributed by atoms with Crippen molar-refractivity contribution in [2.75, 3.05) is 19.8 Å². The van der Waals surface area contributed by atoms with E-state index in [0.29, 0.717) is 19.8 Å². The Kier molecular flexibility index (Phi) is 3.41. The average Bonchev–Trinajstić information content (AvgIpc) is 2.58. The summed E-state index contributed by atoms with van der Waals surface area (Å²) in [5, 5.41) is 0. The zero-order valence-electron chi connectivity index (χ0n) is 9.16. The van der Waals surface area contributed by atoms with E-state index in [2.05, 4.69) is 19.9 Å². The molecule has 0 amide bonds. The maximum Gasteiger partial charge on any atom is 0.100 e. The summed E-state index contributed by atoms with van der Waals surface area (Å²) in [6.45, 7) is 6.16. The van der Waals surface area contributed by atoms with Gasteiger partial charge in [0.25, 0.3) is 0 Å². The topological polar surface area (TPSA) is 44.5 Å². The van der Waals surface area contributed by atoms with Crippen LogP contribution in [0.15, 0.2) is 6.07 Å². The van der Waals surface area contributed by atoms with Gasteiger partial charge in [-0.15, -0.1) is 11.3 Å². The first-order valence-corrected chi connectivity index (χ1v) is 6.02. The van der Waals surface area contributed by atoms with Crippen LogP contribution < -0.4 is 5.73 Å². The van der Waals surface area contributed by atoms with Crippen molar-refractivity contribution in [1.82, 2.24) is 0 Å². The monoisotopic (exact) mass is 227 g/mol. The van der Waals surface area contributed by atoms with Crippen molar-refractivity contribution >= 4 is 11.3 Å². The van der Waals surface area contributed by atoms with Gasteiger partial charge in [-0.2, -0.15) is 0 Å². The molecule has 1 aliphatic heterocycles. The molecule has 2 unspecified atom stereocenters. The van der Waals surface area contributed by atoms with Gasteiger partial charge in [0.05, 0.1) is 25.9 Å². The molecule has 0 saturated carbocycles. The summed E-state index contributed by atoms with van der Waals surface area (Å²) in [6, 6.07) is 2.10. The molecule has 0 bridgehead atoms. The van der Waals surface area contributed by atoms with Gasteiger partial charge < -0.3 is 15.2 Å². The smallest absolute Gasteiger partial charge is 0.100 e. The zero-order valence-corrected chi connectivity index (χ0v) is 9.97. The molecular weight excluding hydrogens is 210 g/mol. The van der Waals surface area contributed by atoms with Crippen molar-refractivity contribution in [3.8, 4) is 0 Å². The predicted molar refractivity (Wildman–Crippen MR) is 61.3 cm³/mol. The highest BCUT2D eigenvalue weighted by Gasteiger charge is 2.25. The van der Waals surface area contributed by atoms with E-state index in [-0.39, 0.29) is 12.1 Å². The Hall–Kier alpha value is -0.420. The van der Waals surface area contributed by atoms with Crippen LogP contribution in [0.3, 0.4) is 0 Å². The third-order valence-corrected chi connectivity index (χ3v) is 3.66. The molecule has 1 aromatic heterocycles. The standard InChI is InChI=1S/C11H17NO2S/c1-7-5-9(8(2)15-7)11(12)10-6-13-3-4-14-10/h5,10-11H,3-4,6,12H2,1-2H3. The Balaban J connectivity index is 2.12. The molecule has 1 saturated heterocycles. The maximum atomic E-state index is 6.19. The van der Waals surface area contributed by atoms with E-state index < -0.39 is 0 Å². The lowest BCUT2D eigenvalue weighted by Gasteiger charge is -2.28. The van der Waals surface area contributed by atoms with Crippen LogP contribution >= 0.6 is 11.3 Å². The second-order valence-corrected chi connectivity index (χ2v) is 5.34. The van der Waals surface area contributed by atoms with Crippen LogP contribution in [0.5, 0.6) is 0 Å². The van der Waals surface area contributed by atoms with Crippen LogP contribution in [0.2, 0.25) is 0 Å². The van der Waals surface area contributed by atoms with Crippen LogP contribution in [0.4, 0.5) is 0 Å². The molecule has 1 aliphatic rings. The van der Waals surface area contributed by atoms with Gasteiger partial charge in [-0.05, 0) is 25.5 Å². The van der Waals surface area contributed by atoms with Crippen molar-refractivity contribution in [1.29, 1.82) is 0 Å². The van der Waals surface area contributed by atoms with Crippen molar-refractivity contribution in [2.24, 2.45) is 5.73 Å². The molecule has 2 heterocycles. The van der Waals surface area contributed by atoms with E-state index in [0.717, 1.165) is 0 Å². The fourth-order valence-corrected chi connectivity index (χ4v) is 2.88. The van der Waals surface area contributed by atoms with Gasteiger partial charge in [0.1, 0.15) is 6.10 Å². The highest BCUT2D eigenvalue weighted by atomic mass is 32.1. The zero-order chi connectivity index (χ0) is 10.8. The third-order valence-electron chi connectivity index (χ3n) is 2.68. The Labute approximate surface area is 94.2 Å². The number of rotatable bonds is 2. The Morgan fingerprint density at radius 1 is 1.47 bits per heavy atom. The lowest BCUT2D eigenvalue weighted by molar-refractivity contribution is -0.0975. The number of ether oxygens (including phenoxy) is 2. The first kappa shape index (κ1) is 11.1. The van der Waals surface area contributed by atoms with Crippen LogP contribution in [-0.4, -0.2) is 25.9 Å². The van der Waals surface area contributed by atoms with Crippen molar-refractivity contribution in [3.05, 3.63) is 21.4 Å². The quantitative estimate of drug-likeness (QED) is 0.837. The minimum atomic E-state index is -0.0600. The van der Waals surface area contributed by atoms with E-state index in [1.165, 1.54) is 15.3 Å². The number of hydrogen-bond acceptors (Lipinski definition) is 4. The summed E-state index contributed by atoms with van der Waals surface area (Å²) in [5.41, 5.74) is 7.39. The van der Waals surface area contributed by atoms with E-state index in [1.54, 1.807) is 11.3 Å². The Morgan fingerprint density at radius 3 is 2.80 bits per heavy atom. The van der Waals surface area contributed by atoms with Gasteiger partial charge >= 0.3 is 0 Å². The molecule has 2 rings (SSSR count). The Morgan fingerprint density at radius 2 is 2.27 bits per heavy atom. The summed E-state index contributed by atoms with van der Waals surface area (Å²) < 4.78 is 11.0. The molecule has 0 aliphatic carbocycles. The number of thiophene rings is 1. The highest BCUT2D eigenvalue weighted by molar-refractivity contribution is 7.12. The first-order valence-electron chi connectivity index (χ1n) is 5.20. The van der Waals surface area contributed by atoms with Crippen LogP contribution in [0.1, 0.15) is 21.4 Å². The SMILES string of the molecule is Cc1cc(C(N)C2COCCO2)c(C)s1. The van der Waals surface area contributed by atoms with Gasteiger partial charge in [0, 0.05) is 9.75 Å². The van der Waals surface area contributed by atoms with Crippen molar-refractivity contribution in [3.63, 3.8) is 0 Å². The number of nitrogens with two attached hydrogens (primary N) is 1. The number of aryl methyl sites for hydroxylation is 2. The van der Waals surface area contributed by atoms with Gasteiger partial charge in [0.15, 0.2) is 0 Å². The third kappa shape index (κ3) is 2.39. The lowest BCUT2D eigenvalue weighted by Crippen LogP contribution is -2.37. The summed E-state index contributed by atoms with van der Waals surface area (Å²) in [7, 11) is 0. The summed E-state index contributed by atoms with van der Waals surface area (Å²) >= 11 is 1.79. The fraction of sp³-hybridized carbons (Fsp3) is 0.636. The summed E-state index contributed by atoms with van der Waals surface area (Å²) in [4.78, 5) is 2.59. The molecule has 84 valence electrons. The fourth-order valence-electron chi connectivity index (χ4n) is 1.90. The lowest BCUT2D eigenvalue weighted by atomic mass is 10.0. The van der Waals surface area contributed by atoms with E-state index in [9.17, 15) is 0 Å². The molecule has 0 aromatic carbocycles. The van der Waals surface area contributed by atoms with E-state index >= 15 is 0 Å². The minimum absolute atomic E-state index is 0.00597. The molecule has 4 heteroatoms. The van der Waals surface area contributed by atoms with Gasteiger partial charge in [-0.3, -0.25) is 0 Å². The molecule has 3 nitrogen and oxygen atoms in total. The average molecular weight is 227 g/mol. The largest absolute Gasteiger partial charge is 0.376 e. The van der Waals surface area contributed by atoms with Crippen LogP contribution in [-0.2, 0) is 9.47 Å². The molecule has 15 heavy (non-hydrogen) atoms. The molecular formula is C11H17NO2S. The normalized spacial score (nSPS) is 24.1. The first-order chi connectivity index (χ1) is 7.18. The molecule has 1 fully saturated rings. The van der Waals surface area contributed by atoms with Crippen LogP contribution in [0, 0.1) is 13.8 Å². The highest BCUT2D eigenvalue weighted by Crippen LogP contribution is 2.28. The number of hydrogen-bond donors (Lipinski definition) is 1. The molecule has 2 N–H and O–H groups in total. The maximum absolute atomic E-state index is 6.19. The van der Waals surface area contributed by atoms with Crippen molar-refractivity contribution < 1.29 is 9.47 Å². The molecule has 2 atom stereocenters. The molecule has 0 spiro atoms. The van der Waals surface area contributed by atoms with Crippen LogP contribution in [0.25, 0.3) is 0 Å². The Bertz CT molecular complexity index is 331. The van der Waals surface area contributed by atoms with E-state index in [4.69, 9.17) is 15.2 Å². The molecule has 0 radical (unpaired) electrons. The minimum Gasteiger partial charge on any atom is -0.376 e. The second-order valence-electron chi connectivity index (χ2n) is 3.88. The van der Waals surface area contributed by atoms with Crippen molar-refractivity contribution in [2.45, 2.75) is 26.0 Å². The van der Waals surface area contributed by atoms with Gasteiger partial charge in [0.2, 0.25) is 0 Å². The predicted octanol–water partition coefficient (Wildman–Crippen LogP) is 1.78. The van der Waals surface area contributed by atoms with Gasteiger partial charge in [-0.25, -0.2) is 0 Å². The summed E-state index contributed by atoms with van der Waals surface area (Å²) in [5.74, 6) is 0. The van der Waals surface area contributed by atoms with E-state index in [1.807, 2.05) is 0 Å². The summed E-state index contributed by atoms with van der Waals surface area (Å²) in [6.07, 6.45) is 0.00597. The van der Waals surface area contributed by atoms with Gasteiger partial charge in [-0.1, -0.05) is 0 Å².